The maximum absolute atomic E-state index is 12.7. The lowest BCUT2D eigenvalue weighted by Crippen LogP contribution is -2.07. The SMILES string of the molecule is CCOC(=O)c1c(CSc2nc(N)c(C#N)cc2C#N)[nH]c2cc(Br)c(OC(C)=O)cc12. The van der Waals surface area contributed by atoms with Gasteiger partial charge in [-0.25, -0.2) is 9.78 Å². The Hall–Kier alpha value is -3.54. The molecule has 0 saturated carbocycles. The highest BCUT2D eigenvalue weighted by Crippen LogP contribution is 2.36. The van der Waals surface area contributed by atoms with Crippen LogP contribution in [0.3, 0.4) is 0 Å². The minimum absolute atomic E-state index is 0.0196. The molecule has 11 heteroatoms. The van der Waals surface area contributed by atoms with Crippen LogP contribution < -0.4 is 10.5 Å². The molecule has 0 aliphatic carbocycles. The second-order valence-corrected chi connectivity index (χ2v) is 8.23. The van der Waals surface area contributed by atoms with Crippen molar-refractivity contribution in [3.63, 3.8) is 0 Å². The number of ether oxygens (including phenoxy) is 2. The van der Waals surface area contributed by atoms with Gasteiger partial charge in [-0.1, -0.05) is 11.8 Å². The third-order valence-electron chi connectivity index (χ3n) is 4.27. The molecule has 2 heterocycles. The Labute approximate surface area is 195 Å². The van der Waals surface area contributed by atoms with Crippen molar-refractivity contribution in [2.75, 3.05) is 12.3 Å². The highest BCUT2D eigenvalue weighted by Gasteiger charge is 2.22. The van der Waals surface area contributed by atoms with Crippen LogP contribution in [-0.4, -0.2) is 28.5 Å². The highest BCUT2D eigenvalue weighted by molar-refractivity contribution is 9.10. The van der Waals surface area contributed by atoms with Crippen LogP contribution in [0.1, 0.15) is 41.0 Å². The molecule has 0 amide bonds. The summed E-state index contributed by atoms with van der Waals surface area (Å²) in [7, 11) is 0. The number of thioether (sulfide) groups is 1. The van der Waals surface area contributed by atoms with Gasteiger partial charge in [0.2, 0.25) is 0 Å². The minimum atomic E-state index is -0.543. The lowest BCUT2D eigenvalue weighted by molar-refractivity contribution is -0.131. The molecule has 0 saturated heterocycles. The van der Waals surface area contributed by atoms with E-state index in [1.165, 1.54) is 24.8 Å². The van der Waals surface area contributed by atoms with Crippen molar-refractivity contribution in [3.05, 3.63) is 45.1 Å². The molecule has 162 valence electrons. The number of nitrogens with one attached hydrogen (secondary N) is 1. The van der Waals surface area contributed by atoms with Crippen LogP contribution in [0, 0.1) is 22.7 Å². The van der Waals surface area contributed by atoms with Gasteiger partial charge in [-0.05, 0) is 41.1 Å². The number of nitrogens with two attached hydrogens (primary N) is 1. The molecule has 0 fully saturated rings. The average molecular weight is 514 g/mol. The number of aromatic amines is 1. The molecule has 0 spiro atoms. The monoisotopic (exact) mass is 513 g/mol. The summed E-state index contributed by atoms with van der Waals surface area (Å²) in [5, 5.41) is 19.3. The van der Waals surface area contributed by atoms with Gasteiger partial charge in [-0.2, -0.15) is 10.5 Å². The molecule has 3 aromatic rings. The van der Waals surface area contributed by atoms with E-state index in [0.717, 1.165) is 0 Å². The summed E-state index contributed by atoms with van der Waals surface area (Å²) in [6, 6.07) is 8.56. The topological polar surface area (TPSA) is 155 Å². The van der Waals surface area contributed by atoms with E-state index in [1.54, 1.807) is 19.1 Å². The van der Waals surface area contributed by atoms with Crippen LogP contribution in [0.5, 0.6) is 5.75 Å². The van der Waals surface area contributed by atoms with Crippen molar-refractivity contribution in [3.8, 4) is 17.9 Å². The summed E-state index contributed by atoms with van der Waals surface area (Å²) in [5.41, 5.74) is 7.55. The van der Waals surface area contributed by atoms with Crippen molar-refractivity contribution in [2.24, 2.45) is 0 Å². The van der Waals surface area contributed by atoms with Gasteiger partial charge in [0.25, 0.3) is 0 Å². The van der Waals surface area contributed by atoms with E-state index >= 15 is 0 Å². The molecule has 0 unspecified atom stereocenters. The smallest absolute Gasteiger partial charge is 0.340 e. The number of carbonyl (C=O) groups excluding carboxylic acids is 2. The van der Waals surface area contributed by atoms with Gasteiger partial charge in [0.15, 0.2) is 0 Å². The Bertz CT molecular complexity index is 1320. The fraction of sp³-hybridized carbons (Fsp3) is 0.190. The van der Waals surface area contributed by atoms with Crippen LogP contribution in [0.25, 0.3) is 10.9 Å². The standard InChI is InChI=1S/C21H16BrN5O4S/c1-3-30-21(29)18-13-5-17(31-10(2)28)14(22)6-15(13)26-16(18)9-32-20-12(8-24)4-11(7-23)19(25)27-20/h4-6,26H,3,9H2,1-2H3,(H2,25,27). The number of rotatable bonds is 6. The summed E-state index contributed by atoms with van der Waals surface area (Å²) in [5.74, 6) is -0.523. The molecule has 1 aromatic carbocycles. The first-order valence-corrected chi connectivity index (χ1v) is 11.0. The Morgan fingerprint density at radius 2 is 1.97 bits per heavy atom. The quantitative estimate of drug-likeness (QED) is 0.282. The van der Waals surface area contributed by atoms with Crippen molar-refractivity contribution in [2.45, 2.75) is 24.6 Å². The maximum atomic E-state index is 12.7. The molecule has 0 aliphatic heterocycles. The van der Waals surface area contributed by atoms with E-state index in [0.29, 0.717) is 26.1 Å². The van der Waals surface area contributed by atoms with Gasteiger partial charge >= 0.3 is 11.9 Å². The van der Waals surface area contributed by atoms with Crippen LogP contribution >= 0.6 is 27.7 Å². The summed E-state index contributed by atoms with van der Waals surface area (Å²) in [4.78, 5) is 31.5. The second-order valence-electron chi connectivity index (χ2n) is 6.41. The summed E-state index contributed by atoms with van der Waals surface area (Å²) >= 11 is 4.54. The minimum Gasteiger partial charge on any atom is -0.462 e. The van der Waals surface area contributed by atoms with E-state index < -0.39 is 11.9 Å². The van der Waals surface area contributed by atoms with Crippen molar-refractivity contribution >= 4 is 56.4 Å². The van der Waals surface area contributed by atoms with Gasteiger partial charge in [0.05, 0.1) is 27.8 Å². The molecule has 32 heavy (non-hydrogen) atoms. The van der Waals surface area contributed by atoms with Gasteiger partial charge in [-0.15, -0.1) is 0 Å². The molecule has 0 atom stereocenters. The fourth-order valence-electron chi connectivity index (χ4n) is 2.96. The number of hydrogen-bond acceptors (Lipinski definition) is 9. The zero-order valence-electron chi connectivity index (χ0n) is 17.0. The number of hydrogen-bond donors (Lipinski definition) is 2. The average Bonchev–Trinajstić information content (AvgIpc) is 3.09. The number of aromatic nitrogens is 2. The van der Waals surface area contributed by atoms with E-state index in [1.807, 2.05) is 12.1 Å². The van der Waals surface area contributed by atoms with Crippen LogP contribution in [0.4, 0.5) is 5.82 Å². The summed E-state index contributed by atoms with van der Waals surface area (Å²) < 4.78 is 11.0. The second kappa shape index (κ2) is 9.73. The predicted molar refractivity (Wildman–Crippen MR) is 121 cm³/mol. The third kappa shape index (κ3) is 4.69. The van der Waals surface area contributed by atoms with Gasteiger partial charge in [0, 0.05) is 29.3 Å². The summed E-state index contributed by atoms with van der Waals surface area (Å²) in [6.45, 7) is 3.16. The number of H-pyrrole nitrogens is 1. The largest absolute Gasteiger partial charge is 0.462 e. The van der Waals surface area contributed by atoms with Gasteiger partial charge < -0.3 is 20.2 Å². The Morgan fingerprint density at radius 1 is 1.25 bits per heavy atom. The number of pyridine rings is 1. The Morgan fingerprint density at radius 3 is 2.59 bits per heavy atom. The number of nitrogens with zero attached hydrogens (tertiary/aromatic N) is 3. The Kier molecular flexibility index (Phi) is 7.03. The number of esters is 2. The van der Waals surface area contributed by atoms with E-state index in [-0.39, 0.29) is 40.6 Å². The maximum Gasteiger partial charge on any atom is 0.340 e. The van der Waals surface area contributed by atoms with Crippen molar-refractivity contribution in [1.82, 2.24) is 9.97 Å². The van der Waals surface area contributed by atoms with Gasteiger partial charge in [0.1, 0.15) is 28.7 Å². The van der Waals surface area contributed by atoms with E-state index in [9.17, 15) is 14.9 Å². The third-order valence-corrected chi connectivity index (χ3v) is 5.91. The molecule has 3 rings (SSSR count). The fourth-order valence-corrected chi connectivity index (χ4v) is 4.30. The lowest BCUT2D eigenvalue weighted by atomic mass is 10.1. The van der Waals surface area contributed by atoms with E-state index in [2.05, 4.69) is 25.9 Å². The lowest BCUT2D eigenvalue weighted by Gasteiger charge is -2.07. The number of fused-ring (bicyclic) bond motifs is 1. The summed E-state index contributed by atoms with van der Waals surface area (Å²) in [6.07, 6.45) is 0. The number of nitriles is 2. The highest BCUT2D eigenvalue weighted by atomic mass is 79.9. The zero-order chi connectivity index (χ0) is 23.4. The van der Waals surface area contributed by atoms with Crippen molar-refractivity contribution in [1.29, 1.82) is 10.5 Å². The first-order valence-electron chi connectivity index (χ1n) is 9.22. The molecule has 9 nitrogen and oxygen atoms in total. The molecule has 0 aliphatic rings. The van der Waals surface area contributed by atoms with Crippen LogP contribution in [0.2, 0.25) is 0 Å². The Balaban J connectivity index is 2.06. The molecular weight excluding hydrogens is 498 g/mol. The number of halogens is 1. The number of nitrogen functional groups attached to an aromatic ring is 1. The molecule has 0 bridgehead atoms. The van der Waals surface area contributed by atoms with Crippen LogP contribution in [0.15, 0.2) is 27.7 Å². The van der Waals surface area contributed by atoms with Crippen LogP contribution in [-0.2, 0) is 15.3 Å². The molecular formula is C21H16BrN5O4S. The first-order chi connectivity index (χ1) is 15.3. The van der Waals surface area contributed by atoms with Crippen molar-refractivity contribution < 1.29 is 19.1 Å². The molecule has 2 aromatic heterocycles. The zero-order valence-corrected chi connectivity index (χ0v) is 19.4. The van der Waals surface area contributed by atoms with E-state index in [4.69, 9.17) is 20.5 Å². The number of anilines is 1. The molecule has 0 radical (unpaired) electrons. The number of carbonyl (C=O) groups is 2. The number of benzene rings is 1. The predicted octanol–water partition coefficient (Wildman–Crippen LogP) is 4.05. The molecule has 3 N–H and O–H groups in total. The normalized spacial score (nSPS) is 10.4. The van der Waals surface area contributed by atoms with Gasteiger partial charge in [-0.3, -0.25) is 4.79 Å². The first kappa shape index (κ1) is 23.1.